The quantitative estimate of drug-likeness (QED) is 0.782. The molecule has 1 heterocycles. The van der Waals surface area contributed by atoms with Gasteiger partial charge in [-0.25, -0.2) is 4.79 Å². The fourth-order valence-electron chi connectivity index (χ4n) is 1.35. The number of hydrogen-bond acceptors (Lipinski definition) is 5. The number of ether oxygens (including phenoxy) is 2. The van der Waals surface area contributed by atoms with Crippen LogP contribution in [0.4, 0.5) is 0 Å². The van der Waals surface area contributed by atoms with E-state index in [0.29, 0.717) is 5.56 Å². The van der Waals surface area contributed by atoms with Gasteiger partial charge in [-0.2, -0.15) is 0 Å². The lowest BCUT2D eigenvalue weighted by atomic mass is 10.1. The molecule has 1 unspecified atom stereocenters. The standard InChI is InChI=1S/C14H19NO4/c1-5-11(16)18-12(10-7-6-8-15-9-10)13(17)19-14(2,3)4/h6-9,12H,5H2,1-4H3. The Bertz CT molecular complexity index is 437. The van der Waals surface area contributed by atoms with Crippen LogP contribution in [0.25, 0.3) is 0 Å². The van der Waals surface area contributed by atoms with E-state index >= 15 is 0 Å². The van der Waals surface area contributed by atoms with Gasteiger partial charge < -0.3 is 9.47 Å². The molecule has 0 aromatic carbocycles. The normalized spacial score (nSPS) is 12.6. The zero-order valence-corrected chi connectivity index (χ0v) is 11.7. The van der Waals surface area contributed by atoms with E-state index in [1.54, 1.807) is 46.0 Å². The number of esters is 2. The SMILES string of the molecule is CCC(=O)OC(C(=O)OC(C)(C)C)c1cccnc1. The second-order valence-electron chi connectivity index (χ2n) is 5.04. The van der Waals surface area contributed by atoms with E-state index < -0.39 is 23.6 Å². The van der Waals surface area contributed by atoms with Crippen molar-refractivity contribution in [2.24, 2.45) is 0 Å². The molecule has 0 N–H and O–H groups in total. The van der Waals surface area contributed by atoms with Gasteiger partial charge in [0.05, 0.1) is 0 Å². The molecule has 0 saturated heterocycles. The molecule has 1 atom stereocenters. The minimum atomic E-state index is -1.07. The van der Waals surface area contributed by atoms with E-state index in [2.05, 4.69) is 4.98 Å². The van der Waals surface area contributed by atoms with E-state index in [4.69, 9.17) is 9.47 Å². The van der Waals surface area contributed by atoms with E-state index in [9.17, 15) is 9.59 Å². The minimum absolute atomic E-state index is 0.194. The average molecular weight is 265 g/mol. The summed E-state index contributed by atoms with van der Waals surface area (Å²) in [4.78, 5) is 27.4. The van der Waals surface area contributed by atoms with Crippen molar-refractivity contribution in [2.75, 3.05) is 0 Å². The maximum absolute atomic E-state index is 12.1. The Kier molecular flexibility index (Phi) is 5.03. The predicted octanol–water partition coefficient (Wildman–Crippen LogP) is 2.42. The summed E-state index contributed by atoms with van der Waals surface area (Å²) in [5.41, 5.74) is -0.144. The minimum Gasteiger partial charge on any atom is -0.457 e. The Hall–Kier alpha value is -1.91. The van der Waals surface area contributed by atoms with Gasteiger partial charge in [0.2, 0.25) is 6.10 Å². The van der Waals surface area contributed by atoms with Crippen LogP contribution in [0.5, 0.6) is 0 Å². The fourth-order valence-corrected chi connectivity index (χ4v) is 1.35. The summed E-state index contributed by atoms with van der Waals surface area (Å²) in [5.74, 6) is -1.05. The van der Waals surface area contributed by atoms with Crippen molar-refractivity contribution < 1.29 is 19.1 Å². The summed E-state index contributed by atoms with van der Waals surface area (Å²) < 4.78 is 10.4. The number of carbonyl (C=O) groups excluding carboxylic acids is 2. The molecule has 1 aromatic heterocycles. The highest BCUT2D eigenvalue weighted by Gasteiger charge is 2.29. The second kappa shape index (κ2) is 6.31. The molecule has 0 fully saturated rings. The first-order chi connectivity index (χ1) is 8.83. The Morgan fingerprint density at radius 1 is 1.37 bits per heavy atom. The lowest BCUT2D eigenvalue weighted by Crippen LogP contribution is -2.30. The lowest BCUT2D eigenvalue weighted by molar-refractivity contribution is -0.176. The van der Waals surface area contributed by atoms with E-state index in [1.807, 2.05) is 0 Å². The van der Waals surface area contributed by atoms with Gasteiger partial charge >= 0.3 is 11.9 Å². The van der Waals surface area contributed by atoms with Crippen LogP contribution in [0.3, 0.4) is 0 Å². The van der Waals surface area contributed by atoms with Crippen LogP contribution < -0.4 is 0 Å². The summed E-state index contributed by atoms with van der Waals surface area (Å²) in [6, 6.07) is 3.34. The second-order valence-corrected chi connectivity index (χ2v) is 5.04. The van der Waals surface area contributed by atoms with Gasteiger partial charge in [0.25, 0.3) is 0 Å². The predicted molar refractivity (Wildman–Crippen MR) is 69.2 cm³/mol. The molecular formula is C14H19NO4. The zero-order valence-electron chi connectivity index (χ0n) is 11.7. The van der Waals surface area contributed by atoms with Gasteiger partial charge in [-0.05, 0) is 26.8 Å². The van der Waals surface area contributed by atoms with Crippen LogP contribution in [-0.4, -0.2) is 22.5 Å². The molecule has 104 valence electrons. The number of nitrogens with zero attached hydrogens (tertiary/aromatic N) is 1. The molecule has 0 amide bonds. The van der Waals surface area contributed by atoms with Crippen LogP contribution in [-0.2, 0) is 19.1 Å². The monoisotopic (exact) mass is 265 g/mol. The highest BCUT2D eigenvalue weighted by molar-refractivity contribution is 5.80. The third kappa shape index (κ3) is 5.07. The van der Waals surface area contributed by atoms with Crippen molar-refractivity contribution in [3.8, 4) is 0 Å². The Morgan fingerprint density at radius 2 is 2.05 bits per heavy atom. The molecule has 0 saturated carbocycles. The van der Waals surface area contributed by atoms with E-state index in [1.165, 1.54) is 6.20 Å². The summed E-state index contributed by atoms with van der Waals surface area (Å²) in [6.07, 6.45) is 2.19. The molecule has 1 rings (SSSR count). The first-order valence-electron chi connectivity index (χ1n) is 6.15. The number of hydrogen-bond donors (Lipinski definition) is 0. The molecule has 5 nitrogen and oxygen atoms in total. The highest BCUT2D eigenvalue weighted by Crippen LogP contribution is 2.22. The number of pyridine rings is 1. The van der Waals surface area contributed by atoms with Gasteiger partial charge in [0, 0.05) is 24.4 Å². The van der Waals surface area contributed by atoms with Gasteiger partial charge in [-0.1, -0.05) is 13.0 Å². The van der Waals surface area contributed by atoms with Gasteiger partial charge in [-0.3, -0.25) is 9.78 Å². The van der Waals surface area contributed by atoms with Crippen LogP contribution >= 0.6 is 0 Å². The van der Waals surface area contributed by atoms with Crippen molar-refractivity contribution in [3.63, 3.8) is 0 Å². The number of rotatable bonds is 4. The molecule has 0 aliphatic carbocycles. The third-order valence-corrected chi connectivity index (χ3v) is 2.15. The number of aromatic nitrogens is 1. The van der Waals surface area contributed by atoms with Crippen molar-refractivity contribution in [2.45, 2.75) is 45.8 Å². The van der Waals surface area contributed by atoms with Crippen LogP contribution in [0.2, 0.25) is 0 Å². The maximum Gasteiger partial charge on any atom is 0.352 e. The average Bonchev–Trinajstić information content (AvgIpc) is 2.34. The van der Waals surface area contributed by atoms with Crippen LogP contribution in [0.1, 0.15) is 45.8 Å². The molecule has 5 heteroatoms. The fraction of sp³-hybridized carbons (Fsp3) is 0.500. The van der Waals surface area contributed by atoms with Gasteiger partial charge in [0.15, 0.2) is 0 Å². The van der Waals surface area contributed by atoms with Gasteiger partial charge in [-0.15, -0.1) is 0 Å². The maximum atomic E-state index is 12.1. The molecule has 0 aliphatic rings. The first kappa shape index (κ1) is 15.1. The highest BCUT2D eigenvalue weighted by atomic mass is 16.6. The molecule has 0 bridgehead atoms. The van der Waals surface area contributed by atoms with Crippen molar-refractivity contribution in [1.82, 2.24) is 4.98 Å². The molecular weight excluding hydrogens is 246 g/mol. The van der Waals surface area contributed by atoms with Crippen molar-refractivity contribution in [1.29, 1.82) is 0 Å². The van der Waals surface area contributed by atoms with Crippen LogP contribution in [0, 0.1) is 0 Å². The molecule has 1 aromatic rings. The Morgan fingerprint density at radius 3 is 2.53 bits per heavy atom. The number of carbonyl (C=O) groups is 2. The topological polar surface area (TPSA) is 65.5 Å². The Labute approximate surface area is 112 Å². The van der Waals surface area contributed by atoms with Crippen molar-refractivity contribution >= 4 is 11.9 Å². The van der Waals surface area contributed by atoms with Gasteiger partial charge in [0.1, 0.15) is 5.60 Å². The summed E-state index contributed by atoms with van der Waals surface area (Å²) >= 11 is 0. The molecule has 0 radical (unpaired) electrons. The molecule has 0 spiro atoms. The molecule has 0 aliphatic heterocycles. The van der Waals surface area contributed by atoms with E-state index in [0.717, 1.165) is 0 Å². The lowest BCUT2D eigenvalue weighted by Gasteiger charge is -2.23. The molecule has 19 heavy (non-hydrogen) atoms. The largest absolute Gasteiger partial charge is 0.457 e. The smallest absolute Gasteiger partial charge is 0.352 e. The van der Waals surface area contributed by atoms with Crippen molar-refractivity contribution in [3.05, 3.63) is 30.1 Å². The van der Waals surface area contributed by atoms with Crippen LogP contribution in [0.15, 0.2) is 24.5 Å². The van der Waals surface area contributed by atoms with E-state index in [-0.39, 0.29) is 6.42 Å². The summed E-state index contributed by atoms with van der Waals surface area (Å²) in [7, 11) is 0. The summed E-state index contributed by atoms with van der Waals surface area (Å²) in [5, 5.41) is 0. The third-order valence-electron chi connectivity index (χ3n) is 2.15. The Balaban J connectivity index is 2.93. The first-order valence-corrected chi connectivity index (χ1v) is 6.15. The summed E-state index contributed by atoms with van der Waals surface area (Å²) in [6.45, 7) is 6.93. The zero-order chi connectivity index (χ0) is 14.5.